The Hall–Kier alpha value is -2.53. The molecular weight excluding hydrogens is 324 g/mol. The van der Waals surface area contributed by atoms with Gasteiger partial charge in [-0.2, -0.15) is 0 Å². The van der Waals surface area contributed by atoms with Crippen LogP contribution in [0.5, 0.6) is 0 Å². The van der Waals surface area contributed by atoms with Crippen molar-refractivity contribution in [1.29, 1.82) is 0 Å². The Labute approximate surface area is 153 Å². The van der Waals surface area contributed by atoms with Gasteiger partial charge in [-0.15, -0.1) is 0 Å². The fourth-order valence-corrected chi connectivity index (χ4v) is 3.69. The van der Waals surface area contributed by atoms with Crippen molar-refractivity contribution >= 4 is 16.9 Å². The summed E-state index contributed by atoms with van der Waals surface area (Å²) >= 11 is 0. The van der Waals surface area contributed by atoms with Crippen molar-refractivity contribution in [1.82, 2.24) is 15.0 Å². The van der Waals surface area contributed by atoms with Gasteiger partial charge in [0, 0.05) is 42.0 Å². The van der Waals surface area contributed by atoms with Gasteiger partial charge in [-0.3, -0.25) is 4.98 Å². The van der Waals surface area contributed by atoms with Gasteiger partial charge in [0.2, 0.25) is 5.95 Å². The van der Waals surface area contributed by atoms with Crippen LogP contribution in [0.3, 0.4) is 0 Å². The third-order valence-electron chi connectivity index (χ3n) is 5.22. The van der Waals surface area contributed by atoms with Crippen LogP contribution >= 0.6 is 0 Å². The van der Waals surface area contributed by atoms with Crippen LogP contribution in [0.2, 0.25) is 0 Å². The SMILES string of the molecule is CCc1nc(N2C[C@@H](Cc3ccc4ccccc4n3)[C@H](O)C2)ncc1C. The summed E-state index contributed by atoms with van der Waals surface area (Å²) in [5.74, 6) is 0.860. The molecule has 134 valence electrons. The van der Waals surface area contributed by atoms with Gasteiger partial charge in [-0.25, -0.2) is 9.97 Å². The number of aliphatic hydroxyl groups excluding tert-OH is 1. The number of β-amino-alcohol motifs (C(OH)–C–C–N with tert-alkyl or cyclic N) is 1. The van der Waals surface area contributed by atoms with Crippen LogP contribution in [0, 0.1) is 12.8 Å². The van der Waals surface area contributed by atoms with Crippen molar-refractivity contribution < 1.29 is 5.11 Å². The Morgan fingerprint density at radius 3 is 2.81 bits per heavy atom. The average molecular weight is 348 g/mol. The summed E-state index contributed by atoms with van der Waals surface area (Å²) < 4.78 is 0. The second-order valence-electron chi connectivity index (χ2n) is 7.09. The molecule has 1 aromatic carbocycles. The molecule has 0 amide bonds. The molecule has 1 saturated heterocycles. The molecule has 4 rings (SSSR count). The zero-order valence-electron chi connectivity index (χ0n) is 15.3. The summed E-state index contributed by atoms with van der Waals surface area (Å²) in [6.45, 7) is 5.47. The number of para-hydroxylation sites is 1. The molecule has 0 aliphatic carbocycles. The van der Waals surface area contributed by atoms with Crippen LogP contribution in [-0.2, 0) is 12.8 Å². The number of benzene rings is 1. The van der Waals surface area contributed by atoms with E-state index >= 15 is 0 Å². The van der Waals surface area contributed by atoms with Crippen LogP contribution < -0.4 is 4.90 Å². The van der Waals surface area contributed by atoms with E-state index in [0.29, 0.717) is 6.54 Å². The summed E-state index contributed by atoms with van der Waals surface area (Å²) in [6.07, 6.45) is 3.14. The second kappa shape index (κ2) is 7.00. The summed E-state index contributed by atoms with van der Waals surface area (Å²) in [6, 6.07) is 12.3. The van der Waals surface area contributed by atoms with E-state index in [1.807, 2.05) is 31.3 Å². The van der Waals surface area contributed by atoms with Gasteiger partial charge in [0.25, 0.3) is 0 Å². The number of nitrogens with zero attached hydrogens (tertiary/aromatic N) is 4. The topological polar surface area (TPSA) is 62.1 Å². The maximum Gasteiger partial charge on any atom is 0.225 e. The average Bonchev–Trinajstić information content (AvgIpc) is 3.02. The largest absolute Gasteiger partial charge is 0.391 e. The van der Waals surface area contributed by atoms with Crippen LogP contribution in [0.15, 0.2) is 42.6 Å². The second-order valence-corrected chi connectivity index (χ2v) is 7.09. The number of aromatic nitrogens is 3. The molecule has 5 nitrogen and oxygen atoms in total. The molecule has 0 radical (unpaired) electrons. The Bertz CT molecular complexity index is 927. The van der Waals surface area contributed by atoms with Crippen molar-refractivity contribution in [3.8, 4) is 0 Å². The lowest BCUT2D eigenvalue weighted by molar-refractivity contribution is 0.148. The molecular formula is C21H24N4O. The van der Waals surface area contributed by atoms with E-state index in [1.165, 1.54) is 0 Å². The number of aliphatic hydroxyl groups is 1. The Kier molecular flexibility index (Phi) is 4.55. The zero-order valence-corrected chi connectivity index (χ0v) is 15.3. The monoisotopic (exact) mass is 348 g/mol. The normalized spacial score (nSPS) is 20.0. The number of fused-ring (bicyclic) bond motifs is 1. The summed E-state index contributed by atoms with van der Waals surface area (Å²) in [5, 5.41) is 11.7. The number of hydrogen-bond donors (Lipinski definition) is 1. The minimum Gasteiger partial charge on any atom is -0.391 e. The van der Waals surface area contributed by atoms with Crippen LogP contribution in [-0.4, -0.2) is 39.3 Å². The van der Waals surface area contributed by atoms with E-state index < -0.39 is 6.10 Å². The van der Waals surface area contributed by atoms with Crippen LogP contribution in [0.1, 0.15) is 23.9 Å². The maximum atomic E-state index is 10.6. The van der Waals surface area contributed by atoms with E-state index in [-0.39, 0.29) is 5.92 Å². The number of aryl methyl sites for hydroxylation is 2. The molecule has 0 bridgehead atoms. The lowest BCUT2D eigenvalue weighted by Gasteiger charge is -2.17. The minimum atomic E-state index is -0.391. The molecule has 1 fully saturated rings. The van der Waals surface area contributed by atoms with Crippen molar-refractivity contribution in [2.75, 3.05) is 18.0 Å². The minimum absolute atomic E-state index is 0.138. The molecule has 3 aromatic rings. The van der Waals surface area contributed by atoms with E-state index in [2.05, 4.69) is 40.0 Å². The first kappa shape index (κ1) is 16.9. The first-order valence-corrected chi connectivity index (χ1v) is 9.24. The predicted molar refractivity (Wildman–Crippen MR) is 103 cm³/mol. The molecule has 1 aliphatic rings. The first-order valence-electron chi connectivity index (χ1n) is 9.24. The lowest BCUT2D eigenvalue weighted by atomic mass is 9.99. The Morgan fingerprint density at radius 1 is 1.12 bits per heavy atom. The van der Waals surface area contributed by atoms with Crippen molar-refractivity contribution in [3.63, 3.8) is 0 Å². The molecule has 26 heavy (non-hydrogen) atoms. The highest BCUT2D eigenvalue weighted by atomic mass is 16.3. The number of pyridine rings is 1. The van der Waals surface area contributed by atoms with E-state index in [9.17, 15) is 5.11 Å². The Morgan fingerprint density at radius 2 is 1.96 bits per heavy atom. The summed E-state index contributed by atoms with van der Waals surface area (Å²) in [7, 11) is 0. The Balaban J connectivity index is 1.51. The molecule has 2 aromatic heterocycles. The van der Waals surface area contributed by atoms with Crippen LogP contribution in [0.4, 0.5) is 5.95 Å². The van der Waals surface area contributed by atoms with Crippen molar-refractivity contribution in [3.05, 3.63) is 59.5 Å². The quantitative estimate of drug-likeness (QED) is 0.785. The standard InChI is InChI=1S/C21H24N4O/c1-3-18-14(2)11-22-21(24-18)25-12-16(20(26)13-25)10-17-9-8-15-6-4-5-7-19(15)23-17/h4-9,11,16,20,26H,3,10,12-13H2,1-2H3/t16-,20-/m1/s1. The summed E-state index contributed by atoms with van der Waals surface area (Å²) in [4.78, 5) is 16.0. The fraction of sp³-hybridized carbons (Fsp3) is 0.381. The van der Waals surface area contributed by atoms with E-state index in [1.54, 1.807) is 0 Å². The van der Waals surface area contributed by atoms with E-state index in [0.717, 1.165) is 53.2 Å². The molecule has 1 N–H and O–H groups in total. The van der Waals surface area contributed by atoms with Crippen molar-refractivity contribution in [2.24, 2.45) is 5.92 Å². The van der Waals surface area contributed by atoms with Gasteiger partial charge >= 0.3 is 0 Å². The highest BCUT2D eigenvalue weighted by molar-refractivity contribution is 5.78. The lowest BCUT2D eigenvalue weighted by Crippen LogP contribution is -2.23. The van der Waals surface area contributed by atoms with Gasteiger partial charge < -0.3 is 10.0 Å². The molecule has 1 aliphatic heterocycles. The molecule has 0 saturated carbocycles. The zero-order chi connectivity index (χ0) is 18.1. The first-order chi connectivity index (χ1) is 12.6. The van der Waals surface area contributed by atoms with E-state index in [4.69, 9.17) is 4.98 Å². The third-order valence-corrected chi connectivity index (χ3v) is 5.22. The fourth-order valence-electron chi connectivity index (χ4n) is 3.69. The highest BCUT2D eigenvalue weighted by Crippen LogP contribution is 2.25. The summed E-state index contributed by atoms with van der Waals surface area (Å²) in [5.41, 5.74) is 4.22. The van der Waals surface area contributed by atoms with Crippen LogP contribution in [0.25, 0.3) is 10.9 Å². The predicted octanol–water partition coefficient (Wildman–Crippen LogP) is 2.94. The maximum absolute atomic E-state index is 10.6. The molecule has 0 spiro atoms. The molecule has 0 unspecified atom stereocenters. The van der Waals surface area contributed by atoms with Gasteiger partial charge in [-0.05, 0) is 37.5 Å². The third kappa shape index (κ3) is 3.27. The smallest absolute Gasteiger partial charge is 0.225 e. The van der Waals surface area contributed by atoms with Crippen molar-refractivity contribution in [2.45, 2.75) is 32.8 Å². The van der Waals surface area contributed by atoms with Gasteiger partial charge in [-0.1, -0.05) is 31.2 Å². The number of rotatable bonds is 4. The molecule has 3 heterocycles. The van der Waals surface area contributed by atoms with Gasteiger partial charge in [0.1, 0.15) is 0 Å². The number of hydrogen-bond acceptors (Lipinski definition) is 5. The number of anilines is 1. The van der Waals surface area contributed by atoms with Gasteiger partial charge in [0.05, 0.1) is 11.6 Å². The molecule has 2 atom stereocenters. The van der Waals surface area contributed by atoms with Gasteiger partial charge in [0.15, 0.2) is 0 Å². The highest BCUT2D eigenvalue weighted by Gasteiger charge is 2.33. The molecule has 5 heteroatoms.